The largest absolute Gasteiger partial charge is 0.496 e. The molecular formula is C19H20ClN5O4. The van der Waals surface area contributed by atoms with Gasteiger partial charge in [-0.15, -0.1) is 12.4 Å². The monoisotopic (exact) mass is 417 g/mol. The van der Waals surface area contributed by atoms with E-state index < -0.39 is 4.92 Å². The second-order valence-corrected chi connectivity index (χ2v) is 6.52. The average molecular weight is 418 g/mol. The van der Waals surface area contributed by atoms with Crippen molar-refractivity contribution in [3.8, 4) is 5.75 Å². The van der Waals surface area contributed by atoms with Crippen LogP contribution in [0.5, 0.6) is 5.75 Å². The molecule has 3 aromatic rings. The van der Waals surface area contributed by atoms with Gasteiger partial charge in [-0.05, 0) is 12.1 Å². The van der Waals surface area contributed by atoms with Crippen molar-refractivity contribution in [3.63, 3.8) is 0 Å². The number of ether oxygens (including phenoxy) is 1. The third kappa shape index (κ3) is 3.74. The van der Waals surface area contributed by atoms with Crippen LogP contribution >= 0.6 is 12.4 Å². The molecule has 2 heterocycles. The number of carbonyl (C=O) groups is 1. The number of nitro groups is 1. The minimum atomic E-state index is -0.483. The number of non-ortho nitro benzene ring substituents is 1. The van der Waals surface area contributed by atoms with E-state index in [1.807, 2.05) is 24.3 Å². The molecule has 0 spiro atoms. The van der Waals surface area contributed by atoms with Gasteiger partial charge in [0.2, 0.25) is 0 Å². The van der Waals surface area contributed by atoms with Gasteiger partial charge in [0.25, 0.3) is 11.6 Å². The Hall–Kier alpha value is -3.17. The highest BCUT2D eigenvalue weighted by Gasteiger charge is 2.32. The predicted molar refractivity (Wildman–Crippen MR) is 110 cm³/mol. The van der Waals surface area contributed by atoms with Crippen molar-refractivity contribution in [3.05, 3.63) is 63.8 Å². The number of hydrogen-bond acceptors (Lipinski definition) is 6. The topological polar surface area (TPSA) is 113 Å². The zero-order chi connectivity index (χ0) is 19.7. The van der Waals surface area contributed by atoms with E-state index in [0.29, 0.717) is 36.3 Å². The fourth-order valence-electron chi connectivity index (χ4n) is 3.58. The number of halogens is 1. The van der Waals surface area contributed by atoms with Crippen molar-refractivity contribution in [2.75, 3.05) is 26.7 Å². The Bertz CT molecular complexity index is 1050. The number of methoxy groups -OCH3 is 1. The Labute approximate surface area is 172 Å². The first-order valence-electron chi connectivity index (χ1n) is 8.87. The molecule has 1 aliphatic heterocycles. The van der Waals surface area contributed by atoms with Crippen LogP contribution in [0.1, 0.15) is 22.1 Å². The molecule has 4 rings (SSSR count). The van der Waals surface area contributed by atoms with E-state index in [0.717, 1.165) is 5.56 Å². The van der Waals surface area contributed by atoms with E-state index in [9.17, 15) is 14.9 Å². The number of nitrogens with one attached hydrogen (secondary N) is 2. The maximum absolute atomic E-state index is 13.3. The van der Waals surface area contributed by atoms with E-state index >= 15 is 0 Å². The predicted octanol–water partition coefficient (Wildman–Crippen LogP) is 2.69. The van der Waals surface area contributed by atoms with Gasteiger partial charge in [0.15, 0.2) is 5.69 Å². The minimum absolute atomic E-state index is 0. The van der Waals surface area contributed by atoms with Crippen LogP contribution < -0.4 is 10.1 Å². The number of benzene rings is 2. The van der Waals surface area contributed by atoms with Crippen LogP contribution in [0.25, 0.3) is 10.9 Å². The van der Waals surface area contributed by atoms with E-state index in [-0.39, 0.29) is 35.7 Å². The first-order valence-corrected chi connectivity index (χ1v) is 8.87. The number of carbonyl (C=O) groups excluding carboxylic acids is 1. The lowest BCUT2D eigenvalue weighted by atomic mass is 10.0. The van der Waals surface area contributed by atoms with Crippen molar-refractivity contribution < 1.29 is 14.5 Å². The summed E-state index contributed by atoms with van der Waals surface area (Å²) in [5, 5.41) is 21.8. The highest BCUT2D eigenvalue weighted by Crippen LogP contribution is 2.32. The molecule has 1 unspecified atom stereocenters. The van der Waals surface area contributed by atoms with E-state index in [1.54, 1.807) is 18.1 Å². The van der Waals surface area contributed by atoms with Gasteiger partial charge in [0.05, 0.1) is 23.6 Å². The van der Waals surface area contributed by atoms with Gasteiger partial charge in [-0.1, -0.05) is 18.2 Å². The summed E-state index contributed by atoms with van der Waals surface area (Å²) < 4.78 is 5.47. The number of H-pyrrole nitrogens is 1. The second-order valence-electron chi connectivity index (χ2n) is 6.52. The standard InChI is InChI=1S/C19H19N5O4.ClH/c1-28-17-5-3-2-4-13(17)16-11-20-8-9-23(16)19(25)18-14-10-12(24(26)27)6-7-15(14)21-22-18;/h2-7,10,16,20H,8-9,11H2,1H3,(H,21,22);1H. The first-order chi connectivity index (χ1) is 13.6. The van der Waals surface area contributed by atoms with Crippen LogP contribution in [0, 0.1) is 10.1 Å². The fourth-order valence-corrected chi connectivity index (χ4v) is 3.58. The number of nitro benzene ring substituents is 1. The number of aromatic amines is 1. The van der Waals surface area contributed by atoms with Gasteiger partial charge < -0.3 is 15.0 Å². The van der Waals surface area contributed by atoms with Crippen LogP contribution in [0.4, 0.5) is 5.69 Å². The van der Waals surface area contributed by atoms with Crippen LogP contribution in [0.3, 0.4) is 0 Å². The molecule has 10 heteroatoms. The molecular weight excluding hydrogens is 398 g/mol. The molecule has 2 N–H and O–H groups in total. The van der Waals surface area contributed by atoms with Crippen molar-refractivity contribution in [1.82, 2.24) is 20.4 Å². The molecule has 0 aliphatic carbocycles. The third-order valence-corrected chi connectivity index (χ3v) is 4.96. The summed E-state index contributed by atoms with van der Waals surface area (Å²) in [7, 11) is 1.60. The maximum atomic E-state index is 13.3. The number of nitrogens with zero attached hydrogens (tertiary/aromatic N) is 3. The number of aromatic nitrogens is 2. The highest BCUT2D eigenvalue weighted by molar-refractivity contribution is 6.05. The molecule has 1 fully saturated rings. The van der Waals surface area contributed by atoms with Gasteiger partial charge >= 0.3 is 0 Å². The summed E-state index contributed by atoms with van der Waals surface area (Å²) in [6.07, 6.45) is 0. The van der Waals surface area contributed by atoms with Crippen molar-refractivity contribution >= 4 is 34.9 Å². The zero-order valence-corrected chi connectivity index (χ0v) is 16.4. The molecule has 9 nitrogen and oxygen atoms in total. The molecule has 1 aromatic heterocycles. The molecule has 2 aromatic carbocycles. The summed E-state index contributed by atoms with van der Waals surface area (Å²) >= 11 is 0. The van der Waals surface area contributed by atoms with Crippen LogP contribution in [-0.2, 0) is 0 Å². The Morgan fingerprint density at radius 2 is 2.10 bits per heavy atom. The normalized spacial score (nSPS) is 16.3. The molecule has 1 saturated heterocycles. The smallest absolute Gasteiger partial charge is 0.275 e. The molecule has 29 heavy (non-hydrogen) atoms. The summed E-state index contributed by atoms with van der Waals surface area (Å²) in [5.74, 6) is 0.431. The second kappa shape index (κ2) is 8.46. The quantitative estimate of drug-likeness (QED) is 0.498. The molecule has 1 aliphatic rings. The first kappa shape index (κ1) is 20.6. The minimum Gasteiger partial charge on any atom is -0.496 e. The Morgan fingerprint density at radius 3 is 2.86 bits per heavy atom. The lowest BCUT2D eigenvalue weighted by Crippen LogP contribution is -2.48. The number of hydrogen-bond donors (Lipinski definition) is 2. The Morgan fingerprint density at radius 1 is 1.31 bits per heavy atom. The molecule has 0 radical (unpaired) electrons. The Balaban J connectivity index is 0.00000240. The van der Waals surface area contributed by atoms with Gasteiger partial charge in [-0.2, -0.15) is 5.10 Å². The summed E-state index contributed by atoms with van der Waals surface area (Å²) in [6, 6.07) is 11.7. The summed E-state index contributed by atoms with van der Waals surface area (Å²) in [5.41, 5.74) is 1.58. The lowest BCUT2D eigenvalue weighted by Gasteiger charge is -2.36. The van der Waals surface area contributed by atoms with Crippen LogP contribution in [-0.4, -0.2) is 52.7 Å². The number of para-hydroxylation sites is 1. The van der Waals surface area contributed by atoms with Gasteiger partial charge in [-0.25, -0.2) is 0 Å². The maximum Gasteiger partial charge on any atom is 0.275 e. The third-order valence-electron chi connectivity index (χ3n) is 4.96. The van der Waals surface area contributed by atoms with Crippen LogP contribution in [0.15, 0.2) is 42.5 Å². The summed E-state index contributed by atoms with van der Waals surface area (Å²) in [6.45, 7) is 1.72. The zero-order valence-electron chi connectivity index (χ0n) is 15.6. The fraction of sp³-hybridized carbons (Fsp3) is 0.263. The van der Waals surface area contributed by atoms with Gasteiger partial charge in [0.1, 0.15) is 5.75 Å². The SMILES string of the molecule is COc1ccccc1C1CNCCN1C(=O)c1n[nH]c2ccc([N+](=O)[O-])cc12.Cl. The molecule has 0 saturated carbocycles. The molecule has 1 atom stereocenters. The number of rotatable bonds is 4. The number of fused-ring (bicyclic) bond motifs is 1. The van der Waals surface area contributed by atoms with Crippen molar-refractivity contribution in [2.45, 2.75) is 6.04 Å². The number of piperazine rings is 1. The van der Waals surface area contributed by atoms with Crippen LogP contribution in [0.2, 0.25) is 0 Å². The van der Waals surface area contributed by atoms with E-state index in [2.05, 4.69) is 15.5 Å². The Kier molecular flexibility index (Phi) is 6.00. The molecule has 152 valence electrons. The van der Waals surface area contributed by atoms with E-state index in [1.165, 1.54) is 12.1 Å². The highest BCUT2D eigenvalue weighted by atomic mass is 35.5. The molecule has 0 bridgehead atoms. The van der Waals surface area contributed by atoms with Gasteiger partial charge in [-0.3, -0.25) is 20.0 Å². The van der Waals surface area contributed by atoms with Gasteiger partial charge in [0, 0.05) is 42.7 Å². The van der Waals surface area contributed by atoms with E-state index in [4.69, 9.17) is 4.74 Å². The summed E-state index contributed by atoms with van der Waals surface area (Å²) in [4.78, 5) is 25.7. The average Bonchev–Trinajstić information content (AvgIpc) is 3.16. The lowest BCUT2D eigenvalue weighted by molar-refractivity contribution is -0.384. The number of amides is 1. The molecule has 1 amide bonds. The van der Waals surface area contributed by atoms with Crippen molar-refractivity contribution in [2.24, 2.45) is 0 Å². The van der Waals surface area contributed by atoms with Crippen molar-refractivity contribution in [1.29, 1.82) is 0 Å².